The predicted molar refractivity (Wildman–Crippen MR) is 90.3 cm³/mol. The van der Waals surface area contributed by atoms with Crippen LogP contribution in [0.4, 0.5) is 20.6 Å². The summed E-state index contributed by atoms with van der Waals surface area (Å²) in [6.07, 6.45) is 2.29. The van der Waals surface area contributed by atoms with Crippen LogP contribution in [0.2, 0.25) is 0 Å². The number of nitrogens with zero attached hydrogens (tertiary/aromatic N) is 2. The highest BCUT2D eigenvalue weighted by Crippen LogP contribution is 2.20. The molecule has 24 heavy (non-hydrogen) atoms. The van der Waals surface area contributed by atoms with Crippen LogP contribution in [-0.2, 0) is 11.2 Å². The number of rotatable bonds is 5. The Morgan fingerprint density at radius 3 is 2.67 bits per heavy atom. The zero-order chi connectivity index (χ0) is 17.5. The Morgan fingerprint density at radius 1 is 1.21 bits per heavy atom. The third-order valence-electron chi connectivity index (χ3n) is 3.30. The van der Waals surface area contributed by atoms with E-state index in [1.165, 1.54) is 30.0 Å². The first-order valence-electron chi connectivity index (χ1n) is 7.45. The number of amides is 3. The Kier molecular flexibility index (Phi) is 5.83. The molecule has 0 bridgehead atoms. The van der Waals surface area contributed by atoms with Crippen molar-refractivity contribution in [2.45, 2.75) is 13.3 Å². The summed E-state index contributed by atoms with van der Waals surface area (Å²) in [7, 11) is 1.62. The summed E-state index contributed by atoms with van der Waals surface area (Å²) in [6.45, 7) is 1.79. The van der Waals surface area contributed by atoms with Gasteiger partial charge in [0.1, 0.15) is 5.82 Å². The van der Waals surface area contributed by atoms with E-state index in [4.69, 9.17) is 0 Å². The standard InChI is InChI=1S/C17H19FN4O2/c1-12(23)20-14-6-7-15(18)16(11-14)21-17(24)22(2)10-8-13-5-3-4-9-19-13/h3-7,9,11H,8,10H2,1-2H3,(H,20,23)(H,21,24). The number of carbonyl (C=O) groups is 2. The van der Waals surface area contributed by atoms with E-state index in [2.05, 4.69) is 15.6 Å². The molecule has 0 fully saturated rings. The molecular formula is C17H19FN4O2. The predicted octanol–water partition coefficient (Wildman–Crippen LogP) is 2.89. The van der Waals surface area contributed by atoms with E-state index in [0.717, 1.165) is 5.69 Å². The fourth-order valence-electron chi connectivity index (χ4n) is 2.04. The maximum absolute atomic E-state index is 13.8. The Labute approximate surface area is 139 Å². The fourth-order valence-corrected chi connectivity index (χ4v) is 2.04. The first kappa shape index (κ1) is 17.4. The summed E-state index contributed by atoms with van der Waals surface area (Å²) in [5.74, 6) is -0.845. The minimum Gasteiger partial charge on any atom is -0.327 e. The molecule has 0 spiro atoms. The van der Waals surface area contributed by atoms with Crippen molar-refractivity contribution in [3.63, 3.8) is 0 Å². The van der Waals surface area contributed by atoms with Crippen molar-refractivity contribution in [3.05, 3.63) is 54.1 Å². The minimum absolute atomic E-state index is 0.0101. The van der Waals surface area contributed by atoms with Gasteiger partial charge in [0, 0.05) is 44.5 Å². The molecule has 3 amide bonds. The van der Waals surface area contributed by atoms with E-state index in [-0.39, 0.29) is 11.6 Å². The van der Waals surface area contributed by atoms with Crippen molar-refractivity contribution < 1.29 is 14.0 Å². The van der Waals surface area contributed by atoms with Gasteiger partial charge in [0.2, 0.25) is 5.91 Å². The van der Waals surface area contributed by atoms with E-state index in [9.17, 15) is 14.0 Å². The van der Waals surface area contributed by atoms with Crippen LogP contribution in [0.1, 0.15) is 12.6 Å². The molecule has 0 saturated carbocycles. The number of pyridine rings is 1. The van der Waals surface area contributed by atoms with E-state index in [1.807, 2.05) is 18.2 Å². The summed E-state index contributed by atoms with van der Waals surface area (Å²) in [5, 5.41) is 5.04. The molecule has 2 aromatic rings. The fraction of sp³-hybridized carbons (Fsp3) is 0.235. The number of likely N-dealkylation sites (N-methyl/N-ethyl adjacent to an activating group) is 1. The Morgan fingerprint density at radius 2 is 2.00 bits per heavy atom. The molecule has 1 heterocycles. The summed E-state index contributed by atoms with van der Waals surface area (Å²) >= 11 is 0. The molecule has 0 aliphatic heterocycles. The maximum Gasteiger partial charge on any atom is 0.321 e. The average Bonchev–Trinajstić information content (AvgIpc) is 2.56. The minimum atomic E-state index is -0.574. The molecule has 1 aromatic carbocycles. The number of benzene rings is 1. The van der Waals surface area contributed by atoms with Crippen LogP contribution in [0.25, 0.3) is 0 Å². The molecule has 126 valence electrons. The van der Waals surface area contributed by atoms with E-state index in [0.29, 0.717) is 18.7 Å². The van der Waals surface area contributed by atoms with Gasteiger partial charge in [-0.3, -0.25) is 9.78 Å². The summed E-state index contributed by atoms with van der Waals surface area (Å²) in [6, 6.07) is 9.13. The number of hydrogen-bond acceptors (Lipinski definition) is 3. The largest absolute Gasteiger partial charge is 0.327 e. The van der Waals surface area contributed by atoms with Crippen LogP contribution in [0, 0.1) is 5.82 Å². The van der Waals surface area contributed by atoms with Gasteiger partial charge in [-0.2, -0.15) is 0 Å². The van der Waals surface area contributed by atoms with Crippen molar-refractivity contribution in [3.8, 4) is 0 Å². The van der Waals surface area contributed by atoms with Crippen molar-refractivity contribution in [1.29, 1.82) is 0 Å². The highest BCUT2D eigenvalue weighted by Gasteiger charge is 2.12. The Bertz CT molecular complexity index is 722. The number of nitrogens with one attached hydrogen (secondary N) is 2. The van der Waals surface area contributed by atoms with Crippen LogP contribution >= 0.6 is 0 Å². The number of carbonyl (C=O) groups excluding carboxylic acids is 2. The molecule has 0 aliphatic rings. The topological polar surface area (TPSA) is 74.3 Å². The van der Waals surface area contributed by atoms with Gasteiger partial charge in [0.05, 0.1) is 5.69 Å². The zero-order valence-electron chi connectivity index (χ0n) is 13.5. The summed E-state index contributed by atoms with van der Waals surface area (Å²) in [5.41, 5.74) is 1.29. The normalized spacial score (nSPS) is 10.1. The van der Waals surface area contributed by atoms with Gasteiger partial charge < -0.3 is 15.5 Å². The second kappa shape index (κ2) is 8.05. The number of aromatic nitrogens is 1. The summed E-state index contributed by atoms with van der Waals surface area (Å²) in [4.78, 5) is 28.8. The SMILES string of the molecule is CC(=O)Nc1ccc(F)c(NC(=O)N(C)CCc2ccccn2)c1. The van der Waals surface area contributed by atoms with Gasteiger partial charge in [-0.1, -0.05) is 6.07 Å². The third kappa shape index (κ3) is 5.05. The van der Waals surface area contributed by atoms with Crippen molar-refractivity contribution in [2.75, 3.05) is 24.2 Å². The molecular weight excluding hydrogens is 311 g/mol. The molecule has 0 saturated heterocycles. The first-order valence-corrected chi connectivity index (χ1v) is 7.45. The molecule has 0 unspecified atom stereocenters. The molecule has 1 aromatic heterocycles. The Hall–Kier alpha value is -2.96. The quantitative estimate of drug-likeness (QED) is 0.885. The highest BCUT2D eigenvalue weighted by atomic mass is 19.1. The second-order valence-electron chi connectivity index (χ2n) is 5.30. The molecule has 0 atom stereocenters. The molecule has 0 aliphatic carbocycles. The van der Waals surface area contributed by atoms with Gasteiger partial charge in [-0.25, -0.2) is 9.18 Å². The highest BCUT2D eigenvalue weighted by molar-refractivity contribution is 5.92. The van der Waals surface area contributed by atoms with Crippen LogP contribution in [0.5, 0.6) is 0 Å². The lowest BCUT2D eigenvalue weighted by Gasteiger charge is -2.18. The van der Waals surface area contributed by atoms with Gasteiger partial charge in [-0.05, 0) is 30.3 Å². The number of hydrogen-bond donors (Lipinski definition) is 2. The van der Waals surface area contributed by atoms with E-state index < -0.39 is 11.8 Å². The van der Waals surface area contributed by atoms with E-state index >= 15 is 0 Å². The van der Waals surface area contributed by atoms with Crippen molar-refractivity contribution in [2.24, 2.45) is 0 Å². The molecule has 6 nitrogen and oxygen atoms in total. The monoisotopic (exact) mass is 330 g/mol. The number of halogens is 1. The molecule has 7 heteroatoms. The van der Waals surface area contributed by atoms with E-state index in [1.54, 1.807) is 13.2 Å². The second-order valence-corrected chi connectivity index (χ2v) is 5.30. The van der Waals surface area contributed by atoms with Gasteiger partial charge in [0.25, 0.3) is 0 Å². The lowest BCUT2D eigenvalue weighted by Crippen LogP contribution is -2.33. The molecule has 0 radical (unpaired) electrons. The summed E-state index contributed by atoms with van der Waals surface area (Å²) < 4.78 is 13.8. The third-order valence-corrected chi connectivity index (χ3v) is 3.30. The lowest BCUT2D eigenvalue weighted by molar-refractivity contribution is -0.114. The smallest absolute Gasteiger partial charge is 0.321 e. The number of urea groups is 1. The maximum atomic E-state index is 13.8. The number of anilines is 2. The molecule has 2 N–H and O–H groups in total. The zero-order valence-corrected chi connectivity index (χ0v) is 13.5. The van der Waals surface area contributed by atoms with Crippen LogP contribution < -0.4 is 10.6 Å². The lowest BCUT2D eigenvalue weighted by atomic mass is 10.2. The van der Waals surface area contributed by atoms with Crippen LogP contribution in [0.15, 0.2) is 42.6 Å². The van der Waals surface area contributed by atoms with Gasteiger partial charge in [-0.15, -0.1) is 0 Å². The van der Waals surface area contributed by atoms with Gasteiger partial charge in [0.15, 0.2) is 0 Å². The average molecular weight is 330 g/mol. The van der Waals surface area contributed by atoms with Crippen LogP contribution in [0.3, 0.4) is 0 Å². The van der Waals surface area contributed by atoms with Crippen LogP contribution in [-0.4, -0.2) is 35.4 Å². The van der Waals surface area contributed by atoms with Crippen molar-refractivity contribution in [1.82, 2.24) is 9.88 Å². The first-order chi connectivity index (χ1) is 11.5. The van der Waals surface area contributed by atoms with Gasteiger partial charge >= 0.3 is 6.03 Å². The Balaban J connectivity index is 1.96. The molecule has 2 rings (SSSR count). The van der Waals surface area contributed by atoms with Crippen molar-refractivity contribution >= 4 is 23.3 Å².